The molecule has 0 aliphatic carbocycles. The maximum atomic E-state index is 12.9. The summed E-state index contributed by atoms with van der Waals surface area (Å²) in [5.41, 5.74) is 0. The molecule has 6 heteroatoms. The summed E-state index contributed by atoms with van der Waals surface area (Å²) in [6.45, 7) is 0.442. The van der Waals surface area contributed by atoms with Gasteiger partial charge in [-0.2, -0.15) is 0 Å². The van der Waals surface area contributed by atoms with E-state index in [1.54, 1.807) is 41.5 Å². The van der Waals surface area contributed by atoms with Crippen molar-refractivity contribution in [2.75, 3.05) is 14.1 Å². The van der Waals surface area contributed by atoms with Crippen molar-refractivity contribution in [1.29, 1.82) is 0 Å². The van der Waals surface area contributed by atoms with Gasteiger partial charge in [-0.15, -0.1) is 11.3 Å². The molecule has 0 bridgehead atoms. The Morgan fingerprint density at radius 2 is 2.26 bits per heavy atom. The highest BCUT2D eigenvalue weighted by atomic mass is 32.1. The van der Waals surface area contributed by atoms with Crippen LogP contribution >= 0.6 is 11.3 Å². The Morgan fingerprint density at radius 1 is 1.43 bits per heavy atom. The average molecular weight is 332 g/mol. The molecule has 1 saturated heterocycles. The van der Waals surface area contributed by atoms with Crippen molar-refractivity contribution in [3.63, 3.8) is 0 Å². The fourth-order valence-electron chi connectivity index (χ4n) is 3.14. The van der Waals surface area contributed by atoms with Crippen molar-refractivity contribution in [3.05, 3.63) is 46.5 Å². The highest BCUT2D eigenvalue weighted by Gasteiger charge is 2.40. The molecule has 1 fully saturated rings. The quantitative estimate of drug-likeness (QED) is 0.865. The third-order valence-corrected chi connectivity index (χ3v) is 5.31. The van der Waals surface area contributed by atoms with Gasteiger partial charge in [-0.1, -0.05) is 6.07 Å². The van der Waals surface area contributed by atoms with Gasteiger partial charge in [0.2, 0.25) is 11.8 Å². The minimum Gasteiger partial charge on any atom is -0.467 e. The van der Waals surface area contributed by atoms with Gasteiger partial charge in [0.15, 0.2) is 0 Å². The molecule has 0 spiro atoms. The molecule has 2 aromatic rings. The van der Waals surface area contributed by atoms with Crippen molar-refractivity contribution in [2.45, 2.75) is 25.4 Å². The maximum Gasteiger partial charge on any atom is 0.228 e. The number of furan rings is 1. The van der Waals surface area contributed by atoms with E-state index in [-0.39, 0.29) is 23.8 Å². The van der Waals surface area contributed by atoms with E-state index in [1.807, 2.05) is 29.6 Å². The summed E-state index contributed by atoms with van der Waals surface area (Å²) in [6, 6.07) is 7.45. The van der Waals surface area contributed by atoms with Gasteiger partial charge in [-0.05, 0) is 30.0 Å². The highest BCUT2D eigenvalue weighted by Crippen LogP contribution is 2.38. The second kappa shape index (κ2) is 6.58. The number of hydrogen-bond acceptors (Lipinski definition) is 4. The van der Waals surface area contributed by atoms with Gasteiger partial charge in [0.1, 0.15) is 5.76 Å². The molecule has 3 heterocycles. The molecule has 2 amide bonds. The van der Waals surface area contributed by atoms with Crippen molar-refractivity contribution in [1.82, 2.24) is 9.80 Å². The van der Waals surface area contributed by atoms with Crippen LogP contribution < -0.4 is 0 Å². The number of thiophene rings is 1. The van der Waals surface area contributed by atoms with E-state index in [0.717, 1.165) is 10.6 Å². The second-order valence-corrected chi connectivity index (χ2v) is 6.86. The van der Waals surface area contributed by atoms with Crippen LogP contribution in [0.5, 0.6) is 0 Å². The van der Waals surface area contributed by atoms with E-state index in [1.165, 1.54) is 0 Å². The minimum absolute atomic E-state index is 0.0548. The molecular formula is C17H20N2O3S. The zero-order valence-corrected chi connectivity index (χ0v) is 14.1. The van der Waals surface area contributed by atoms with E-state index >= 15 is 0 Å². The summed E-state index contributed by atoms with van der Waals surface area (Å²) < 4.78 is 5.32. The fraction of sp³-hybridized carbons (Fsp3) is 0.412. The zero-order chi connectivity index (χ0) is 16.4. The lowest BCUT2D eigenvalue weighted by molar-refractivity contribution is -0.146. The first kappa shape index (κ1) is 15.8. The SMILES string of the molecule is CN(Cc1ccco1)C(=O)[C@H]1CCC(=O)N(C)[C@@H]1c1cccs1. The van der Waals surface area contributed by atoms with E-state index in [9.17, 15) is 9.59 Å². The van der Waals surface area contributed by atoms with E-state index in [0.29, 0.717) is 19.4 Å². The zero-order valence-electron chi connectivity index (χ0n) is 13.3. The number of rotatable bonds is 4. The first-order valence-electron chi connectivity index (χ1n) is 7.64. The number of nitrogens with zero attached hydrogens (tertiary/aromatic N) is 2. The number of carbonyl (C=O) groups is 2. The maximum absolute atomic E-state index is 12.9. The third kappa shape index (κ3) is 3.17. The van der Waals surface area contributed by atoms with Crippen molar-refractivity contribution < 1.29 is 14.0 Å². The predicted molar refractivity (Wildman–Crippen MR) is 87.7 cm³/mol. The fourth-order valence-corrected chi connectivity index (χ4v) is 4.08. The van der Waals surface area contributed by atoms with Crippen LogP contribution in [0.2, 0.25) is 0 Å². The molecule has 5 nitrogen and oxygen atoms in total. The van der Waals surface area contributed by atoms with E-state index in [2.05, 4.69) is 0 Å². The van der Waals surface area contributed by atoms with E-state index in [4.69, 9.17) is 4.42 Å². The number of likely N-dealkylation sites (tertiary alicyclic amines) is 1. The van der Waals surface area contributed by atoms with Crippen LogP contribution in [0.25, 0.3) is 0 Å². The molecule has 0 radical (unpaired) electrons. The summed E-state index contributed by atoms with van der Waals surface area (Å²) in [5.74, 6) is 0.699. The Kier molecular flexibility index (Phi) is 4.52. The number of piperidine rings is 1. The first-order chi connectivity index (χ1) is 11.1. The van der Waals surface area contributed by atoms with Crippen LogP contribution in [0.4, 0.5) is 0 Å². The van der Waals surface area contributed by atoms with Crippen molar-refractivity contribution >= 4 is 23.2 Å². The molecule has 2 atom stereocenters. The highest BCUT2D eigenvalue weighted by molar-refractivity contribution is 7.10. The van der Waals surface area contributed by atoms with Crippen molar-refractivity contribution in [3.8, 4) is 0 Å². The van der Waals surface area contributed by atoms with Gasteiger partial charge >= 0.3 is 0 Å². The Hall–Kier alpha value is -2.08. The van der Waals surface area contributed by atoms with Crippen molar-refractivity contribution in [2.24, 2.45) is 5.92 Å². The molecular weight excluding hydrogens is 312 g/mol. The summed E-state index contributed by atoms with van der Waals surface area (Å²) in [4.78, 5) is 29.5. The van der Waals surface area contributed by atoms with Gasteiger partial charge in [-0.25, -0.2) is 0 Å². The monoisotopic (exact) mass is 332 g/mol. The van der Waals surface area contributed by atoms with Gasteiger partial charge in [0.05, 0.1) is 24.8 Å². The minimum atomic E-state index is -0.212. The molecule has 3 rings (SSSR count). The van der Waals surface area contributed by atoms with Crippen LogP contribution in [0.3, 0.4) is 0 Å². The van der Waals surface area contributed by atoms with Gasteiger partial charge < -0.3 is 14.2 Å². The third-order valence-electron chi connectivity index (χ3n) is 4.36. The predicted octanol–water partition coefficient (Wildman–Crippen LogP) is 2.91. The summed E-state index contributed by atoms with van der Waals surface area (Å²) in [7, 11) is 3.57. The van der Waals surface area contributed by atoms with Gasteiger partial charge in [0, 0.05) is 25.4 Å². The van der Waals surface area contributed by atoms with Crippen LogP contribution in [0, 0.1) is 5.92 Å². The number of hydrogen-bond donors (Lipinski definition) is 0. The molecule has 0 unspecified atom stereocenters. The normalized spacial score (nSPS) is 21.5. The smallest absolute Gasteiger partial charge is 0.228 e. The number of amides is 2. The Morgan fingerprint density at radius 3 is 2.91 bits per heavy atom. The lowest BCUT2D eigenvalue weighted by Crippen LogP contribution is -2.46. The Bertz CT molecular complexity index is 666. The van der Waals surface area contributed by atoms with Crippen LogP contribution in [-0.2, 0) is 16.1 Å². The molecule has 122 valence electrons. The summed E-state index contributed by atoms with van der Waals surface area (Å²) in [6.07, 6.45) is 2.62. The molecule has 1 aliphatic heterocycles. The molecule has 0 aromatic carbocycles. The standard InChI is InChI=1S/C17H20N2O3S/c1-18(11-12-5-3-9-22-12)17(21)13-7-8-15(20)19(2)16(13)14-6-4-10-23-14/h3-6,9-10,13,16H,7-8,11H2,1-2H3/t13-,16-/m0/s1. The molecule has 23 heavy (non-hydrogen) atoms. The number of carbonyl (C=O) groups excluding carboxylic acids is 2. The van der Waals surface area contributed by atoms with Crippen LogP contribution in [-0.4, -0.2) is 35.7 Å². The first-order valence-corrected chi connectivity index (χ1v) is 8.52. The largest absolute Gasteiger partial charge is 0.467 e. The Labute approximate surface area is 139 Å². The average Bonchev–Trinajstić information content (AvgIpc) is 3.22. The molecule has 0 N–H and O–H groups in total. The van der Waals surface area contributed by atoms with E-state index < -0.39 is 0 Å². The second-order valence-electron chi connectivity index (χ2n) is 5.88. The van der Waals surface area contributed by atoms with Crippen LogP contribution in [0.15, 0.2) is 40.3 Å². The summed E-state index contributed by atoms with van der Waals surface area (Å²) in [5, 5.41) is 1.98. The topological polar surface area (TPSA) is 53.8 Å². The molecule has 1 aliphatic rings. The Balaban J connectivity index is 1.80. The summed E-state index contributed by atoms with van der Waals surface area (Å²) >= 11 is 1.59. The van der Waals surface area contributed by atoms with Gasteiger partial charge in [0.25, 0.3) is 0 Å². The molecule has 0 saturated carbocycles. The lowest BCUT2D eigenvalue weighted by Gasteiger charge is -2.39. The molecule has 2 aromatic heterocycles. The lowest BCUT2D eigenvalue weighted by atomic mass is 9.87. The van der Waals surface area contributed by atoms with Gasteiger partial charge in [-0.3, -0.25) is 9.59 Å². The van der Waals surface area contributed by atoms with Crippen LogP contribution in [0.1, 0.15) is 29.5 Å².